The number of benzene rings is 1. The smallest absolute Gasteiger partial charge is 0.326 e. The molecule has 1 aromatic heterocycles. The van der Waals surface area contributed by atoms with Crippen LogP contribution in [0.4, 0.5) is 0 Å². The standard InChI is InChI=1S/C10H9ClN2O2S/c11-6-2-1-5(4-16)7(3-6)8-9(14)13-10(15)12-8/h1-3,14,16H,4H2,(H2,12,13,15). The normalized spacial score (nSPS) is 10.6. The highest BCUT2D eigenvalue weighted by molar-refractivity contribution is 7.79. The van der Waals surface area contributed by atoms with Crippen molar-refractivity contribution >= 4 is 24.2 Å². The van der Waals surface area contributed by atoms with E-state index in [2.05, 4.69) is 22.6 Å². The predicted molar refractivity (Wildman–Crippen MR) is 66.2 cm³/mol. The maximum atomic E-state index is 11.0. The Hall–Kier alpha value is -1.33. The summed E-state index contributed by atoms with van der Waals surface area (Å²) in [4.78, 5) is 15.8. The molecular formula is C10H9ClN2O2S. The van der Waals surface area contributed by atoms with Gasteiger partial charge >= 0.3 is 5.69 Å². The molecule has 4 nitrogen and oxygen atoms in total. The highest BCUT2D eigenvalue weighted by atomic mass is 35.5. The van der Waals surface area contributed by atoms with Crippen LogP contribution < -0.4 is 5.69 Å². The lowest BCUT2D eigenvalue weighted by atomic mass is 10.1. The van der Waals surface area contributed by atoms with Crippen molar-refractivity contribution in [2.45, 2.75) is 5.75 Å². The van der Waals surface area contributed by atoms with Crippen molar-refractivity contribution in [2.24, 2.45) is 0 Å². The highest BCUT2D eigenvalue weighted by Gasteiger charge is 2.12. The average Bonchev–Trinajstić information content (AvgIpc) is 2.57. The van der Waals surface area contributed by atoms with Crippen LogP contribution in [0, 0.1) is 0 Å². The van der Waals surface area contributed by atoms with Gasteiger partial charge in [0.2, 0.25) is 5.88 Å². The van der Waals surface area contributed by atoms with Gasteiger partial charge in [0.25, 0.3) is 0 Å². The molecule has 3 N–H and O–H groups in total. The van der Waals surface area contributed by atoms with Crippen LogP contribution in [0.2, 0.25) is 5.02 Å². The second-order valence-electron chi connectivity index (χ2n) is 3.26. The third kappa shape index (κ3) is 1.96. The Bertz CT molecular complexity index is 576. The minimum absolute atomic E-state index is 0.199. The summed E-state index contributed by atoms with van der Waals surface area (Å²) in [6, 6.07) is 5.21. The van der Waals surface area contributed by atoms with Crippen LogP contribution in [-0.4, -0.2) is 15.1 Å². The molecule has 0 saturated carbocycles. The van der Waals surface area contributed by atoms with Crippen LogP contribution in [0.5, 0.6) is 5.88 Å². The van der Waals surface area contributed by atoms with Gasteiger partial charge in [-0.3, -0.25) is 4.98 Å². The Morgan fingerprint density at radius 2 is 2.12 bits per heavy atom. The van der Waals surface area contributed by atoms with Crippen molar-refractivity contribution in [1.29, 1.82) is 0 Å². The fourth-order valence-electron chi connectivity index (χ4n) is 1.49. The lowest BCUT2D eigenvalue weighted by Gasteiger charge is -2.06. The summed E-state index contributed by atoms with van der Waals surface area (Å²) in [5.41, 5.74) is 1.41. The fraction of sp³-hybridized carbons (Fsp3) is 0.100. The zero-order chi connectivity index (χ0) is 11.7. The van der Waals surface area contributed by atoms with Crippen LogP contribution in [0.15, 0.2) is 23.0 Å². The molecule has 16 heavy (non-hydrogen) atoms. The van der Waals surface area contributed by atoms with Crippen molar-refractivity contribution in [1.82, 2.24) is 9.97 Å². The molecule has 1 heterocycles. The highest BCUT2D eigenvalue weighted by Crippen LogP contribution is 2.30. The second-order valence-corrected chi connectivity index (χ2v) is 4.01. The van der Waals surface area contributed by atoms with Gasteiger partial charge in [0.15, 0.2) is 0 Å². The summed E-state index contributed by atoms with van der Waals surface area (Å²) in [7, 11) is 0. The predicted octanol–water partition coefficient (Wildman–Crippen LogP) is 2.16. The summed E-state index contributed by atoms with van der Waals surface area (Å²) in [6.45, 7) is 0. The van der Waals surface area contributed by atoms with E-state index in [-0.39, 0.29) is 5.88 Å². The summed E-state index contributed by atoms with van der Waals surface area (Å²) in [6.07, 6.45) is 0. The van der Waals surface area contributed by atoms with Crippen molar-refractivity contribution in [3.05, 3.63) is 39.3 Å². The van der Waals surface area contributed by atoms with Crippen molar-refractivity contribution in [3.63, 3.8) is 0 Å². The Kier molecular flexibility index (Phi) is 2.98. The van der Waals surface area contributed by atoms with Crippen molar-refractivity contribution < 1.29 is 5.11 Å². The lowest BCUT2D eigenvalue weighted by Crippen LogP contribution is -2.00. The van der Waals surface area contributed by atoms with E-state index in [0.29, 0.717) is 22.0 Å². The van der Waals surface area contributed by atoms with E-state index in [1.165, 1.54) is 0 Å². The number of hydrogen-bond acceptors (Lipinski definition) is 3. The van der Waals surface area contributed by atoms with Crippen LogP contribution in [-0.2, 0) is 5.75 Å². The number of hydrogen-bond donors (Lipinski definition) is 4. The van der Waals surface area contributed by atoms with Gasteiger partial charge in [0.1, 0.15) is 5.69 Å². The molecule has 0 aliphatic rings. The quantitative estimate of drug-likeness (QED) is 0.622. The topological polar surface area (TPSA) is 68.9 Å². The molecule has 0 saturated heterocycles. The van der Waals surface area contributed by atoms with Gasteiger partial charge in [-0.2, -0.15) is 12.6 Å². The largest absolute Gasteiger partial charge is 0.493 e. The average molecular weight is 257 g/mol. The summed E-state index contributed by atoms with van der Waals surface area (Å²) in [5, 5.41) is 10.1. The van der Waals surface area contributed by atoms with E-state index in [1.807, 2.05) is 0 Å². The molecule has 2 aromatic rings. The number of halogens is 1. The van der Waals surface area contributed by atoms with Crippen LogP contribution in [0.25, 0.3) is 11.3 Å². The number of imidazole rings is 1. The third-order valence-corrected chi connectivity index (χ3v) is 2.79. The summed E-state index contributed by atoms with van der Waals surface area (Å²) in [5.74, 6) is 0.286. The third-order valence-electron chi connectivity index (χ3n) is 2.22. The maximum Gasteiger partial charge on any atom is 0.326 e. The van der Waals surface area contributed by atoms with E-state index in [0.717, 1.165) is 5.56 Å². The van der Waals surface area contributed by atoms with Crippen LogP contribution >= 0.6 is 24.2 Å². The molecular weight excluding hydrogens is 248 g/mol. The molecule has 84 valence electrons. The van der Waals surface area contributed by atoms with E-state index in [9.17, 15) is 9.90 Å². The molecule has 0 atom stereocenters. The van der Waals surface area contributed by atoms with E-state index in [4.69, 9.17) is 11.6 Å². The first kappa shape index (κ1) is 11.2. The van der Waals surface area contributed by atoms with E-state index < -0.39 is 5.69 Å². The van der Waals surface area contributed by atoms with E-state index >= 15 is 0 Å². The summed E-state index contributed by atoms with van der Waals surface area (Å²) >= 11 is 10.1. The molecule has 0 radical (unpaired) electrons. The lowest BCUT2D eigenvalue weighted by molar-refractivity contribution is 0.457. The van der Waals surface area contributed by atoms with Gasteiger partial charge in [0.05, 0.1) is 0 Å². The van der Waals surface area contributed by atoms with Gasteiger partial charge in [-0.15, -0.1) is 0 Å². The minimum atomic E-state index is -0.461. The zero-order valence-electron chi connectivity index (χ0n) is 8.12. The molecule has 2 rings (SSSR count). The molecule has 1 aromatic carbocycles. The molecule has 0 spiro atoms. The Labute approximate surface area is 102 Å². The van der Waals surface area contributed by atoms with Gasteiger partial charge < -0.3 is 10.1 Å². The van der Waals surface area contributed by atoms with Crippen molar-refractivity contribution in [3.8, 4) is 17.1 Å². The molecule has 0 aliphatic carbocycles. The van der Waals surface area contributed by atoms with Gasteiger partial charge in [-0.25, -0.2) is 4.79 Å². The summed E-state index contributed by atoms with van der Waals surface area (Å²) < 4.78 is 0. The number of thiol groups is 1. The SMILES string of the molecule is O=c1[nH]c(O)c(-c2cc(Cl)ccc2CS)[nH]1. The Morgan fingerprint density at radius 3 is 2.69 bits per heavy atom. The first-order valence-corrected chi connectivity index (χ1v) is 5.53. The van der Waals surface area contributed by atoms with Crippen LogP contribution in [0.1, 0.15) is 5.56 Å². The van der Waals surface area contributed by atoms with Gasteiger partial charge in [0, 0.05) is 16.3 Å². The molecule has 0 fully saturated rings. The Balaban J connectivity index is 2.67. The second kappa shape index (κ2) is 4.27. The number of rotatable bonds is 2. The number of nitrogens with one attached hydrogen (secondary N) is 2. The molecule has 0 aliphatic heterocycles. The number of aromatic amines is 2. The van der Waals surface area contributed by atoms with Gasteiger partial charge in [-0.05, 0) is 17.7 Å². The fourth-order valence-corrected chi connectivity index (χ4v) is 1.94. The molecule has 0 unspecified atom stereocenters. The Morgan fingerprint density at radius 1 is 1.38 bits per heavy atom. The molecule has 0 bridgehead atoms. The zero-order valence-corrected chi connectivity index (χ0v) is 9.77. The molecule has 0 amide bonds. The number of H-pyrrole nitrogens is 2. The first-order chi connectivity index (χ1) is 7.61. The molecule has 6 heteroatoms. The number of aromatic nitrogens is 2. The monoisotopic (exact) mass is 256 g/mol. The van der Waals surface area contributed by atoms with Crippen molar-refractivity contribution in [2.75, 3.05) is 0 Å². The number of aromatic hydroxyl groups is 1. The van der Waals surface area contributed by atoms with Crippen LogP contribution in [0.3, 0.4) is 0 Å². The van der Waals surface area contributed by atoms with Gasteiger partial charge in [-0.1, -0.05) is 17.7 Å². The minimum Gasteiger partial charge on any atom is -0.493 e. The maximum absolute atomic E-state index is 11.0. The van der Waals surface area contributed by atoms with E-state index in [1.54, 1.807) is 18.2 Å². The first-order valence-electron chi connectivity index (χ1n) is 4.52.